The molecule has 0 saturated heterocycles. The lowest BCUT2D eigenvalue weighted by atomic mass is 9.85. The Labute approximate surface area is 200 Å². The highest BCUT2D eigenvalue weighted by molar-refractivity contribution is 6.17. The van der Waals surface area contributed by atoms with Crippen molar-refractivity contribution in [3.63, 3.8) is 0 Å². The summed E-state index contributed by atoms with van der Waals surface area (Å²) in [7, 11) is 1.63. The van der Waals surface area contributed by atoms with Crippen molar-refractivity contribution >= 4 is 17.4 Å². The molecule has 0 aliphatic carbocycles. The van der Waals surface area contributed by atoms with Crippen molar-refractivity contribution in [1.82, 2.24) is 5.32 Å². The average molecular weight is 455 g/mol. The molecular formula is C29H30N2O3. The summed E-state index contributed by atoms with van der Waals surface area (Å²) >= 11 is 0. The number of nitrogens with zero attached hydrogens (tertiary/aromatic N) is 1. The average Bonchev–Trinajstić information content (AvgIpc) is 2.84. The molecule has 1 aliphatic heterocycles. The number of carbonyl (C=O) groups excluding carboxylic acids is 2. The normalized spacial score (nSPS) is 14.0. The number of aliphatic imine (C=N–C) groups is 1. The van der Waals surface area contributed by atoms with Crippen LogP contribution in [0.4, 0.5) is 0 Å². The molecule has 5 nitrogen and oxygen atoms in total. The lowest BCUT2D eigenvalue weighted by Gasteiger charge is -2.29. The van der Waals surface area contributed by atoms with E-state index in [1.807, 2.05) is 42.5 Å². The second-order valence-corrected chi connectivity index (χ2v) is 9.24. The van der Waals surface area contributed by atoms with Crippen LogP contribution in [0.1, 0.15) is 57.7 Å². The van der Waals surface area contributed by atoms with Gasteiger partial charge in [-0.1, -0.05) is 48.5 Å². The number of amides is 1. The summed E-state index contributed by atoms with van der Waals surface area (Å²) in [5.74, 6) is 0.494. The van der Waals surface area contributed by atoms with E-state index in [0.717, 1.165) is 35.4 Å². The first-order chi connectivity index (χ1) is 16.3. The smallest absolute Gasteiger partial charge is 0.251 e. The van der Waals surface area contributed by atoms with E-state index in [9.17, 15) is 9.59 Å². The van der Waals surface area contributed by atoms with Gasteiger partial charge in [0.05, 0.1) is 24.8 Å². The third-order valence-electron chi connectivity index (χ3n) is 6.01. The predicted molar refractivity (Wildman–Crippen MR) is 135 cm³/mol. The van der Waals surface area contributed by atoms with Gasteiger partial charge in [-0.05, 0) is 62.1 Å². The van der Waals surface area contributed by atoms with Gasteiger partial charge in [-0.3, -0.25) is 14.6 Å². The summed E-state index contributed by atoms with van der Waals surface area (Å²) in [4.78, 5) is 30.8. The van der Waals surface area contributed by atoms with E-state index in [-0.39, 0.29) is 23.7 Å². The van der Waals surface area contributed by atoms with E-state index in [4.69, 9.17) is 9.73 Å². The first kappa shape index (κ1) is 23.4. The summed E-state index contributed by atoms with van der Waals surface area (Å²) in [5, 5.41) is 2.94. The van der Waals surface area contributed by atoms with Crippen LogP contribution in [0.5, 0.6) is 5.75 Å². The Bertz CT molecular complexity index is 1230. The van der Waals surface area contributed by atoms with Gasteiger partial charge in [-0.15, -0.1) is 0 Å². The van der Waals surface area contributed by atoms with Crippen molar-refractivity contribution in [2.45, 2.75) is 38.6 Å². The van der Waals surface area contributed by atoms with Crippen LogP contribution in [0.25, 0.3) is 0 Å². The van der Waals surface area contributed by atoms with Gasteiger partial charge < -0.3 is 10.1 Å². The maximum absolute atomic E-state index is 13.2. The van der Waals surface area contributed by atoms with Crippen LogP contribution in [-0.2, 0) is 12.8 Å². The quantitative estimate of drug-likeness (QED) is 0.484. The third-order valence-corrected chi connectivity index (χ3v) is 6.01. The highest BCUT2D eigenvalue weighted by atomic mass is 16.5. The number of benzene rings is 3. The first-order valence-electron chi connectivity index (χ1n) is 11.6. The van der Waals surface area contributed by atoms with Gasteiger partial charge in [0.1, 0.15) is 5.75 Å². The summed E-state index contributed by atoms with van der Waals surface area (Å²) in [6.07, 6.45) is 1.73. The molecule has 0 fully saturated rings. The molecule has 174 valence electrons. The zero-order valence-corrected chi connectivity index (χ0v) is 19.9. The SMILES string of the molecule is COc1ccc2c(c1)C(CC(=O)c1cccc(C(=O)NCCc3ccccc3)c1)=NC(C)(C)C2. The molecule has 1 heterocycles. The lowest BCUT2D eigenvalue weighted by molar-refractivity contribution is 0.0954. The van der Waals surface area contributed by atoms with Crippen LogP contribution in [0.3, 0.4) is 0 Å². The number of carbonyl (C=O) groups is 2. The van der Waals surface area contributed by atoms with Crippen molar-refractivity contribution in [1.29, 1.82) is 0 Å². The van der Waals surface area contributed by atoms with Crippen molar-refractivity contribution in [2.75, 3.05) is 13.7 Å². The predicted octanol–water partition coefficient (Wildman–Crippen LogP) is 5.06. The van der Waals surface area contributed by atoms with E-state index in [1.54, 1.807) is 31.4 Å². The van der Waals surface area contributed by atoms with Gasteiger partial charge in [0.2, 0.25) is 0 Å². The van der Waals surface area contributed by atoms with Gasteiger partial charge >= 0.3 is 0 Å². The third kappa shape index (κ3) is 5.60. The van der Waals surface area contributed by atoms with Crippen LogP contribution >= 0.6 is 0 Å². The van der Waals surface area contributed by atoms with Gasteiger partial charge in [-0.2, -0.15) is 0 Å². The molecule has 0 saturated carbocycles. The molecule has 0 radical (unpaired) electrons. The van der Waals surface area contributed by atoms with E-state index < -0.39 is 0 Å². The molecule has 34 heavy (non-hydrogen) atoms. The van der Waals surface area contributed by atoms with E-state index in [0.29, 0.717) is 17.7 Å². The molecule has 4 rings (SSSR count). The number of ether oxygens (including phenoxy) is 1. The van der Waals surface area contributed by atoms with Crippen molar-refractivity contribution in [3.8, 4) is 5.75 Å². The largest absolute Gasteiger partial charge is 0.497 e. The Balaban J connectivity index is 1.47. The number of Topliss-reactive ketones (excluding diaryl/α,β-unsaturated/α-hetero) is 1. The van der Waals surface area contributed by atoms with Gasteiger partial charge in [0, 0.05) is 23.2 Å². The Morgan fingerprint density at radius 1 is 0.971 bits per heavy atom. The maximum Gasteiger partial charge on any atom is 0.251 e. The molecule has 0 bridgehead atoms. The fraction of sp³-hybridized carbons (Fsp3) is 0.276. The second-order valence-electron chi connectivity index (χ2n) is 9.24. The molecule has 5 heteroatoms. The van der Waals surface area contributed by atoms with Gasteiger partial charge in [-0.25, -0.2) is 0 Å². The molecule has 0 atom stereocenters. The van der Waals surface area contributed by atoms with Crippen molar-refractivity contribution < 1.29 is 14.3 Å². The molecule has 0 unspecified atom stereocenters. The van der Waals surface area contributed by atoms with Crippen LogP contribution in [0, 0.1) is 0 Å². The number of hydrogen-bond acceptors (Lipinski definition) is 4. The van der Waals surface area contributed by atoms with Crippen LogP contribution in [0.15, 0.2) is 77.8 Å². The van der Waals surface area contributed by atoms with Crippen LogP contribution in [-0.4, -0.2) is 36.6 Å². The Morgan fingerprint density at radius 3 is 2.50 bits per heavy atom. The molecular weight excluding hydrogens is 424 g/mol. The number of nitrogens with one attached hydrogen (secondary N) is 1. The molecule has 3 aromatic rings. The van der Waals surface area contributed by atoms with Crippen molar-refractivity contribution in [3.05, 3.63) is 101 Å². The van der Waals surface area contributed by atoms with E-state index in [2.05, 4.69) is 25.2 Å². The number of fused-ring (bicyclic) bond motifs is 1. The van der Waals surface area contributed by atoms with Crippen molar-refractivity contribution in [2.24, 2.45) is 4.99 Å². The summed E-state index contributed by atoms with van der Waals surface area (Å²) in [6.45, 7) is 4.68. The van der Waals surface area contributed by atoms with Crippen LogP contribution in [0.2, 0.25) is 0 Å². The number of ketones is 1. The minimum atomic E-state index is -0.280. The van der Waals surface area contributed by atoms with E-state index in [1.165, 1.54) is 5.56 Å². The summed E-state index contributed by atoms with van der Waals surface area (Å²) in [6, 6.07) is 22.9. The minimum absolute atomic E-state index is 0.0656. The fourth-order valence-electron chi connectivity index (χ4n) is 4.33. The van der Waals surface area contributed by atoms with Gasteiger partial charge in [0.15, 0.2) is 5.78 Å². The Hall–Kier alpha value is -3.73. The Kier molecular flexibility index (Phi) is 6.92. The summed E-state index contributed by atoms with van der Waals surface area (Å²) in [5.41, 5.74) is 4.75. The molecule has 3 aromatic carbocycles. The zero-order chi connectivity index (χ0) is 24.1. The Morgan fingerprint density at radius 2 is 1.74 bits per heavy atom. The number of hydrogen-bond donors (Lipinski definition) is 1. The van der Waals surface area contributed by atoms with Gasteiger partial charge in [0.25, 0.3) is 5.91 Å². The zero-order valence-electron chi connectivity index (χ0n) is 19.9. The topological polar surface area (TPSA) is 67.8 Å². The van der Waals surface area contributed by atoms with E-state index >= 15 is 0 Å². The second kappa shape index (κ2) is 10.0. The molecule has 1 aliphatic rings. The van der Waals surface area contributed by atoms with Crippen LogP contribution < -0.4 is 10.1 Å². The fourth-order valence-corrected chi connectivity index (χ4v) is 4.33. The highest BCUT2D eigenvalue weighted by Gasteiger charge is 2.28. The monoisotopic (exact) mass is 454 g/mol. The molecule has 0 spiro atoms. The minimum Gasteiger partial charge on any atom is -0.497 e. The molecule has 0 aromatic heterocycles. The maximum atomic E-state index is 13.2. The summed E-state index contributed by atoms with van der Waals surface area (Å²) < 4.78 is 5.39. The number of rotatable bonds is 8. The first-order valence-corrected chi connectivity index (χ1v) is 11.6. The standard InChI is InChI=1S/C29H30N2O3/c1-29(2)19-23-12-13-24(34-3)17-25(23)26(31-29)18-27(32)21-10-7-11-22(16-21)28(33)30-15-14-20-8-5-4-6-9-20/h4-13,16-17H,14-15,18-19H2,1-3H3,(H,30,33). The lowest BCUT2D eigenvalue weighted by Crippen LogP contribution is -2.30. The number of methoxy groups -OCH3 is 1. The highest BCUT2D eigenvalue weighted by Crippen LogP contribution is 2.31. The molecule has 1 amide bonds. The molecule has 1 N–H and O–H groups in total.